The number of hydrogen-bond acceptors (Lipinski definition) is 3. The van der Waals surface area contributed by atoms with E-state index in [0.29, 0.717) is 22.4 Å². The number of rotatable bonds is 5. The van der Waals surface area contributed by atoms with E-state index in [1.54, 1.807) is 19.2 Å². The molecule has 1 atom stereocenters. The first-order valence-electron chi connectivity index (χ1n) is 6.51. The molecule has 0 aliphatic carbocycles. The summed E-state index contributed by atoms with van der Waals surface area (Å²) in [6.07, 6.45) is 0. The summed E-state index contributed by atoms with van der Waals surface area (Å²) in [7, 11) is 1.61. The second kappa shape index (κ2) is 7.03. The highest BCUT2D eigenvalue weighted by Crippen LogP contribution is 2.30. The maximum atomic E-state index is 6.14. The molecule has 5 heteroatoms. The highest BCUT2D eigenvalue weighted by molar-refractivity contribution is 6.35. The molecule has 112 valence electrons. The average molecular weight is 326 g/mol. The summed E-state index contributed by atoms with van der Waals surface area (Å²) in [6.45, 7) is 2.24. The Morgan fingerprint density at radius 2 is 1.90 bits per heavy atom. The van der Waals surface area contributed by atoms with Gasteiger partial charge in [0, 0.05) is 33.3 Å². The maximum Gasteiger partial charge on any atom is 0.128 e. The van der Waals surface area contributed by atoms with E-state index in [4.69, 9.17) is 38.4 Å². The van der Waals surface area contributed by atoms with E-state index in [-0.39, 0.29) is 6.04 Å². The SMILES string of the molecule is COc1ccc([C@@H](C)N)c(OCc2ccc(Cl)cc2Cl)c1. The number of methoxy groups -OCH3 is 1. The van der Waals surface area contributed by atoms with Gasteiger partial charge in [-0.15, -0.1) is 0 Å². The predicted octanol–water partition coefficient (Wildman–Crippen LogP) is 4.60. The Hall–Kier alpha value is -1.42. The van der Waals surface area contributed by atoms with Crippen LogP contribution in [0.3, 0.4) is 0 Å². The minimum Gasteiger partial charge on any atom is -0.497 e. The monoisotopic (exact) mass is 325 g/mol. The topological polar surface area (TPSA) is 44.5 Å². The van der Waals surface area contributed by atoms with Gasteiger partial charge in [0.2, 0.25) is 0 Å². The lowest BCUT2D eigenvalue weighted by molar-refractivity contribution is 0.299. The molecule has 2 aromatic rings. The molecule has 2 N–H and O–H groups in total. The van der Waals surface area contributed by atoms with Crippen LogP contribution in [0.5, 0.6) is 11.5 Å². The Morgan fingerprint density at radius 1 is 1.14 bits per heavy atom. The first-order valence-corrected chi connectivity index (χ1v) is 7.27. The van der Waals surface area contributed by atoms with Crippen LogP contribution < -0.4 is 15.2 Å². The zero-order valence-corrected chi connectivity index (χ0v) is 13.4. The molecule has 0 aromatic heterocycles. The van der Waals surface area contributed by atoms with Crippen molar-refractivity contribution >= 4 is 23.2 Å². The van der Waals surface area contributed by atoms with Crippen molar-refractivity contribution in [2.45, 2.75) is 19.6 Å². The summed E-state index contributed by atoms with van der Waals surface area (Å²) in [5.74, 6) is 1.41. The smallest absolute Gasteiger partial charge is 0.128 e. The van der Waals surface area contributed by atoms with Crippen LogP contribution in [-0.4, -0.2) is 7.11 Å². The molecule has 0 saturated carbocycles. The van der Waals surface area contributed by atoms with E-state index >= 15 is 0 Å². The van der Waals surface area contributed by atoms with Gasteiger partial charge in [0.05, 0.1) is 7.11 Å². The quantitative estimate of drug-likeness (QED) is 0.873. The summed E-state index contributed by atoms with van der Waals surface area (Å²) in [5, 5.41) is 1.18. The van der Waals surface area contributed by atoms with Gasteiger partial charge in [-0.25, -0.2) is 0 Å². The standard InChI is InChI=1S/C16H17Cl2NO2/c1-10(19)14-6-5-13(20-2)8-16(14)21-9-11-3-4-12(17)7-15(11)18/h3-8,10H,9,19H2,1-2H3/t10-/m1/s1. The minimum atomic E-state index is -0.133. The van der Waals surface area contributed by atoms with Crippen molar-refractivity contribution in [3.05, 3.63) is 57.6 Å². The Labute approximate surface area is 134 Å². The molecule has 0 aliphatic rings. The van der Waals surface area contributed by atoms with E-state index < -0.39 is 0 Å². The van der Waals surface area contributed by atoms with Crippen LogP contribution >= 0.6 is 23.2 Å². The molecule has 2 rings (SSSR count). The summed E-state index contributed by atoms with van der Waals surface area (Å²) < 4.78 is 11.1. The fourth-order valence-corrected chi connectivity index (χ4v) is 2.40. The summed E-state index contributed by atoms with van der Waals surface area (Å²) in [4.78, 5) is 0. The maximum absolute atomic E-state index is 6.14. The fourth-order valence-electron chi connectivity index (χ4n) is 1.94. The zero-order chi connectivity index (χ0) is 15.4. The normalized spacial score (nSPS) is 12.0. The third-order valence-corrected chi connectivity index (χ3v) is 3.70. The first-order chi connectivity index (χ1) is 10.0. The number of nitrogens with two attached hydrogens (primary N) is 1. The molecule has 3 nitrogen and oxygen atoms in total. The number of ether oxygens (including phenoxy) is 2. The molecule has 0 spiro atoms. The van der Waals surface area contributed by atoms with Gasteiger partial charge in [-0.3, -0.25) is 0 Å². The molecule has 0 fully saturated rings. The van der Waals surface area contributed by atoms with E-state index in [1.807, 2.05) is 31.2 Å². The Balaban J connectivity index is 2.22. The molecule has 0 aliphatic heterocycles. The van der Waals surface area contributed by atoms with Crippen molar-refractivity contribution in [2.75, 3.05) is 7.11 Å². The van der Waals surface area contributed by atoms with Crippen molar-refractivity contribution in [3.63, 3.8) is 0 Å². The van der Waals surface area contributed by atoms with Crippen molar-refractivity contribution < 1.29 is 9.47 Å². The Morgan fingerprint density at radius 3 is 2.52 bits per heavy atom. The lowest BCUT2D eigenvalue weighted by Crippen LogP contribution is -2.08. The van der Waals surface area contributed by atoms with Crippen LogP contribution in [0, 0.1) is 0 Å². The molecule has 0 saturated heterocycles. The van der Waals surface area contributed by atoms with Crippen LogP contribution in [0.2, 0.25) is 10.0 Å². The summed E-state index contributed by atoms with van der Waals surface area (Å²) in [5.41, 5.74) is 7.74. The van der Waals surface area contributed by atoms with Gasteiger partial charge in [-0.1, -0.05) is 35.3 Å². The molecular weight excluding hydrogens is 309 g/mol. The third kappa shape index (κ3) is 4.03. The highest BCUT2D eigenvalue weighted by atomic mass is 35.5. The molecular formula is C16H17Cl2NO2. The lowest BCUT2D eigenvalue weighted by atomic mass is 10.1. The second-order valence-corrected chi connectivity index (χ2v) is 5.56. The average Bonchev–Trinajstić information content (AvgIpc) is 2.45. The Kier molecular flexibility index (Phi) is 5.34. The van der Waals surface area contributed by atoms with Crippen molar-refractivity contribution in [1.82, 2.24) is 0 Å². The predicted molar refractivity (Wildman–Crippen MR) is 86.4 cm³/mol. The first kappa shape index (κ1) is 16.0. The number of hydrogen-bond donors (Lipinski definition) is 1. The van der Waals surface area contributed by atoms with E-state index in [2.05, 4.69) is 0 Å². The van der Waals surface area contributed by atoms with E-state index in [0.717, 1.165) is 16.9 Å². The molecule has 0 unspecified atom stereocenters. The van der Waals surface area contributed by atoms with Gasteiger partial charge >= 0.3 is 0 Å². The van der Waals surface area contributed by atoms with Gasteiger partial charge in [0.15, 0.2) is 0 Å². The number of halogens is 2. The second-order valence-electron chi connectivity index (χ2n) is 4.72. The Bertz CT molecular complexity index is 630. The van der Waals surface area contributed by atoms with Crippen LogP contribution in [0.1, 0.15) is 24.1 Å². The lowest BCUT2D eigenvalue weighted by Gasteiger charge is -2.15. The fraction of sp³-hybridized carbons (Fsp3) is 0.250. The molecule has 0 amide bonds. The molecule has 0 heterocycles. The van der Waals surface area contributed by atoms with Gasteiger partial charge < -0.3 is 15.2 Å². The third-order valence-electron chi connectivity index (χ3n) is 3.11. The van der Waals surface area contributed by atoms with Gasteiger partial charge in [0.25, 0.3) is 0 Å². The van der Waals surface area contributed by atoms with Gasteiger partial charge in [0.1, 0.15) is 18.1 Å². The van der Waals surface area contributed by atoms with Crippen molar-refractivity contribution in [2.24, 2.45) is 5.73 Å². The van der Waals surface area contributed by atoms with Crippen LogP contribution in [0.25, 0.3) is 0 Å². The molecule has 0 radical (unpaired) electrons. The minimum absolute atomic E-state index is 0.133. The summed E-state index contributed by atoms with van der Waals surface area (Å²) >= 11 is 12.0. The number of benzene rings is 2. The van der Waals surface area contributed by atoms with Crippen LogP contribution in [-0.2, 0) is 6.61 Å². The van der Waals surface area contributed by atoms with Crippen LogP contribution in [0.4, 0.5) is 0 Å². The van der Waals surface area contributed by atoms with Gasteiger partial charge in [-0.2, -0.15) is 0 Å². The van der Waals surface area contributed by atoms with E-state index in [1.165, 1.54) is 0 Å². The molecule has 21 heavy (non-hydrogen) atoms. The van der Waals surface area contributed by atoms with Crippen LogP contribution in [0.15, 0.2) is 36.4 Å². The molecule has 0 bridgehead atoms. The zero-order valence-electron chi connectivity index (χ0n) is 11.9. The largest absolute Gasteiger partial charge is 0.497 e. The van der Waals surface area contributed by atoms with Crippen molar-refractivity contribution in [1.29, 1.82) is 0 Å². The highest BCUT2D eigenvalue weighted by Gasteiger charge is 2.11. The van der Waals surface area contributed by atoms with E-state index in [9.17, 15) is 0 Å². The summed E-state index contributed by atoms with van der Waals surface area (Å²) in [6, 6.07) is 10.8. The van der Waals surface area contributed by atoms with Gasteiger partial charge in [-0.05, 0) is 25.1 Å². The van der Waals surface area contributed by atoms with Crippen molar-refractivity contribution in [3.8, 4) is 11.5 Å². The molecule has 2 aromatic carbocycles.